The van der Waals surface area contributed by atoms with E-state index in [9.17, 15) is 9.50 Å². The van der Waals surface area contributed by atoms with Crippen LogP contribution in [0.3, 0.4) is 0 Å². The predicted molar refractivity (Wildman–Crippen MR) is 59.4 cm³/mol. The van der Waals surface area contributed by atoms with Gasteiger partial charge in [0.15, 0.2) is 0 Å². The molecule has 2 N–H and O–H groups in total. The van der Waals surface area contributed by atoms with Gasteiger partial charge >= 0.3 is 0 Å². The summed E-state index contributed by atoms with van der Waals surface area (Å²) in [7, 11) is 0. The van der Waals surface area contributed by atoms with Gasteiger partial charge in [-0.05, 0) is 32.8 Å². The van der Waals surface area contributed by atoms with Crippen molar-refractivity contribution >= 4 is 0 Å². The van der Waals surface area contributed by atoms with Crippen molar-refractivity contribution in [1.82, 2.24) is 10.3 Å². The molecule has 0 unspecified atom stereocenters. The van der Waals surface area contributed by atoms with Crippen molar-refractivity contribution in [3.05, 3.63) is 29.8 Å². The van der Waals surface area contributed by atoms with Crippen LogP contribution < -0.4 is 5.32 Å². The summed E-state index contributed by atoms with van der Waals surface area (Å²) < 4.78 is 13.0. The number of aromatic nitrogens is 1. The Morgan fingerprint density at radius 1 is 1.56 bits per heavy atom. The summed E-state index contributed by atoms with van der Waals surface area (Å²) in [5.74, 6) is -0.409. The molecule has 0 bridgehead atoms. The fraction of sp³-hybridized carbons (Fsp3) is 0.583. The molecule has 1 aliphatic rings. The zero-order valence-corrected chi connectivity index (χ0v) is 9.57. The number of aliphatic hydroxyl groups excluding tert-OH is 1. The first-order valence-corrected chi connectivity index (χ1v) is 5.54. The number of aliphatic hydroxyl groups is 1. The van der Waals surface area contributed by atoms with Crippen molar-refractivity contribution in [1.29, 1.82) is 0 Å². The van der Waals surface area contributed by atoms with Crippen LogP contribution in [0, 0.1) is 5.82 Å². The van der Waals surface area contributed by atoms with Crippen molar-refractivity contribution in [2.24, 2.45) is 0 Å². The van der Waals surface area contributed by atoms with Gasteiger partial charge in [-0.1, -0.05) is 0 Å². The van der Waals surface area contributed by atoms with Crippen LogP contribution >= 0.6 is 0 Å². The molecule has 1 aromatic rings. The van der Waals surface area contributed by atoms with E-state index in [2.05, 4.69) is 24.1 Å². The van der Waals surface area contributed by atoms with E-state index in [4.69, 9.17) is 0 Å². The lowest BCUT2D eigenvalue weighted by Gasteiger charge is -2.23. The Labute approximate surface area is 94.7 Å². The average Bonchev–Trinajstić information content (AvgIpc) is 2.58. The molecule has 0 aromatic carbocycles. The van der Waals surface area contributed by atoms with E-state index in [-0.39, 0.29) is 11.6 Å². The standard InChI is InChI=1S/C12H17FN2O/c1-12(2)4-3-10(15-12)11(16)8-5-9(13)7-14-6-8/h5-7,10-11,15-16H,3-4H2,1-2H3/t10-,11+/m1/s1. The van der Waals surface area contributed by atoms with Crippen molar-refractivity contribution in [2.75, 3.05) is 0 Å². The van der Waals surface area contributed by atoms with Gasteiger partial charge in [0.1, 0.15) is 5.82 Å². The van der Waals surface area contributed by atoms with Crippen molar-refractivity contribution in [3.63, 3.8) is 0 Å². The van der Waals surface area contributed by atoms with E-state index in [0.29, 0.717) is 5.56 Å². The van der Waals surface area contributed by atoms with Crippen LogP contribution in [0.1, 0.15) is 38.4 Å². The largest absolute Gasteiger partial charge is 0.387 e. The maximum Gasteiger partial charge on any atom is 0.141 e. The first-order chi connectivity index (χ1) is 7.48. The Hall–Kier alpha value is -1.00. The SMILES string of the molecule is CC1(C)CC[C@H]([C@@H](O)c2cncc(F)c2)N1. The number of nitrogens with zero attached hydrogens (tertiary/aromatic N) is 1. The van der Waals surface area contributed by atoms with Gasteiger partial charge in [-0.2, -0.15) is 0 Å². The van der Waals surface area contributed by atoms with Gasteiger partial charge in [0.05, 0.1) is 12.3 Å². The molecule has 0 aliphatic carbocycles. The van der Waals surface area contributed by atoms with Crippen molar-refractivity contribution < 1.29 is 9.50 Å². The molecule has 2 rings (SSSR count). The number of halogens is 1. The summed E-state index contributed by atoms with van der Waals surface area (Å²) in [6.07, 6.45) is 3.87. The Balaban J connectivity index is 2.11. The maximum absolute atomic E-state index is 13.0. The fourth-order valence-corrected chi connectivity index (χ4v) is 2.22. The summed E-state index contributed by atoms with van der Waals surface area (Å²) in [6, 6.07) is 1.32. The smallest absolute Gasteiger partial charge is 0.141 e. The summed E-state index contributed by atoms with van der Waals surface area (Å²) in [5.41, 5.74) is 0.585. The van der Waals surface area contributed by atoms with E-state index in [0.717, 1.165) is 19.0 Å². The number of hydrogen-bond acceptors (Lipinski definition) is 3. The highest BCUT2D eigenvalue weighted by atomic mass is 19.1. The third-order valence-electron chi connectivity index (χ3n) is 3.11. The van der Waals surface area contributed by atoms with Crippen LogP contribution in [0.25, 0.3) is 0 Å². The summed E-state index contributed by atoms with van der Waals surface area (Å²) in [6.45, 7) is 4.20. The lowest BCUT2D eigenvalue weighted by atomic mass is 10.0. The highest BCUT2D eigenvalue weighted by Crippen LogP contribution is 2.30. The Morgan fingerprint density at radius 2 is 2.31 bits per heavy atom. The molecule has 0 saturated carbocycles. The van der Waals surface area contributed by atoms with Gasteiger partial charge in [0.25, 0.3) is 0 Å². The Morgan fingerprint density at radius 3 is 2.88 bits per heavy atom. The van der Waals surface area contributed by atoms with Crippen molar-refractivity contribution in [2.45, 2.75) is 44.4 Å². The van der Waals surface area contributed by atoms with Crippen LogP contribution in [0.2, 0.25) is 0 Å². The highest BCUT2D eigenvalue weighted by molar-refractivity contribution is 5.16. The number of hydrogen-bond donors (Lipinski definition) is 2. The molecule has 0 amide bonds. The minimum atomic E-state index is -0.690. The second-order valence-electron chi connectivity index (χ2n) is 5.05. The third-order valence-corrected chi connectivity index (χ3v) is 3.11. The average molecular weight is 224 g/mol. The molecule has 4 heteroatoms. The van der Waals surface area contributed by atoms with Gasteiger partial charge in [0.2, 0.25) is 0 Å². The monoisotopic (exact) mass is 224 g/mol. The second-order valence-corrected chi connectivity index (χ2v) is 5.05. The van der Waals surface area contributed by atoms with Gasteiger partial charge in [0, 0.05) is 23.3 Å². The topological polar surface area (TPSA) is 45.2 Å². The number of pyridine rings is 1. The summed E-state index contributed by atoms with van der Waals surface area (Å²) >= 11 is 0. The molecule has 1 saturated heterocycles. The lowest BCUT2D eigenvalue weighted by molar-refractivity contribution is 0.131. The molecule has 0 radical (unpaired) electrons. The highest BCUT2D eigenvalue weighted by Gasteiger charge is 2.34. The van der Waals surface area contributed by atoms with E-state index in [1.807, 2.05) is 0 Å². The van der Waals surface area contributed by atoms with Crippen LogP contribution in [0.4, 0.5) is 4.39 Å². The summed E-state index contributed by atoms with van der Waals surface area (Å²) in [5, 5.41) is 13.5. The van der Waals surface area contributed by atoms with Crippen LogP contribution in [-0.2, 0) is 0 Å². The normalized spacial score (nSPS) is 25.6. The zero-order valence-electron chi connectivity index (χ0n) is 9.57. The van der Waals surface area contributed by atoms with Gasteiger partial charge in [-0.15, -0.1) is 0 Å². The minimum absolute atomic E-state index is 0.0152. The maximum atomic E-state index is 13.0. The molecule has 0 spiro atoms. The third kappa shape index (κ3) is 2.39. The predicted octanol–water partition coefficient (Wildman–Crippen LogP) is 1.78. The number of rotatable bonds is 2. The molecule has 1 aliphatic heterocycles. The van der Waals surface area contributed by atoms with Crippen LogP contribution in [-0.4, -0.2) is 21.7 Å². The Bertz CT molecular complexity index is 381. The van der Waals surface area contributed by atoms with Gasteiger partial charge in [-0.3, -0.25) is 4.98 Å². The van der Waals surface area contributed by atoms with Gasteiger partial charge in [-0.25, -0.2) is 4.39 Å². The molecule has 1 fully saturated rings. The second kappa shape index (κ2) is 4.11. The Kier molecular flexibility index (Phi) is 2.95. The molecule has 2 heterocycles. The molecule has 3 nitrogen and oxygen atoms in total. The molecule has 2 atom stereocenters. The molecule has 16 heavy (non-hydrogen) atoms. The molecule has 1 aromatic heterocycles. The minimum Gasteiger partial charge on any atom is -0.387 e. The van der Waals surface area contributed by atoms with E-state index < -0.39 is 11.9 Å². The summed E-state index contributed by atoms with van der Waals surface area (Å²) in [4.78, 5) is 3.75. The molecule has 88 valence electrons. The van der Waals surface area contributed by atoms with Crippen molar-refractivity contribution in [3.8, 4) is 0 Å². The first-order valence-electron chi connectivity index (χ1n) is 5.54. The van der Waals surface area contributed by atoms with Crippen LogP contribution in [0.15, 0.2) is 18.5 Å². The van der Waals surface area contributed by atoms with E-state index >= 15 is 0 Å². The first kappa shape index (κ1) is 11.5. The van der Waals surface area contributed by atoms with E-state index in [1.54, 1.807) is 0 Å². The molecular formula is C12H17FN2O. The van der Waals surface area contributed by atoms with Crippen LogP contribution in [0.5, 0.6) is 0 Å². The fourth-order valence-electron chi connectivity index (χ4n) is 2.22. The quantitative estimate of drug-likeness (QED) is 0.805. The number of nitrogens with one attached hydrogen (secondary N) is 1. The molecular weight excluding hydrogens is 207 g/mol. The lowest BCUT2D eigenvalue weighted by Crippen LogP contribution is -2.40. The zero-order chi connectivity index (χ0) is 11.8. The van der Waals surface area contributed by atoms with Gasteiger partial charge < -0.3 is 10.4 Å². The van der Waals surface area contributed by atoms with E-state index in [1.165, 1.54) is 12.3 Å².